The lowest BCUT2D eigenvalue weighted by atomic mass is 10.2. The summed E-state index contributed by atoms with van der Waals surface area (Å²) in [5, 5.41) is 8.97. The van der Waals surface area contributed by atoms with Crippen LogP contribution >= 0.6 is 0 Å². The Bertz CT molecular complexity index is 693. The van der Waals surface area contributed by atoms with Crippen molar-refractivity contribution < 1.29 is 0 Å². The highest BCUT2D eigenvalue weighted by Crippen LogP contribution is 2.19. The Kier molecular flexibility index (Phi) is 3.09. The first-order chi connectivity index (χ1) is 9.25. The normalized spacial score (nSPS) is 11.3. The monoisotopic (exact) mass is 254 g/mol. The molecule has 0 spiro atoms. The zero-order valence-corrected chi connectivity index (χ0v) is 11.3. The Balaban J connectivity index is 1.74. The zero-order chi connectivity index (χ0) is 13.2. The predicted octanol–water partition coefficient (Wildman–Crippen LogP) is 2.20. The van der Waals surface area contributed by atoms with Crippen molar-refractivity contribution in [2.75, 3.05) is 0 Å². The van der Waals surface area contributed by atoms with E-state index in [-0.39, 0.29) is 0 Å². The van der Waals surface area contributed by atoms with Crippen molar-refractivity contribution in [1.29, 1.82) is 0 Å². The second-order valence-corrected chi connectivity index (χ2v) is 4.83. The molecule has 19 heavy (non-hydrogen) atoms. The molecule has 3 rings (SSSR count). The van der Waals surface area contributed by atoms with Gasteiger partial charge in [0.15, 0.2) is 0 Å². The lowest BCUT2D eigenvalue weighted by molar-refractivity contribution is 0.627. The van der Waals surface area contributed by atoms with E-state index in [4.69, 9.17) is 0 Å². The molecular weight excluding hydrogens is 236 g/mol. The molecule has 0 aliphatic carbocycles. The fourth-order valence-corrected chi connectivity index (χ4v) is 2.47. The van der Waals surface area contributed by atoms with Crippen molar-refractivity contribution in [2.45, 2.75) is 13.1 Å². The van der Waals surface area contributed by atoms with Crippen molar-refractivity contribution in [3.05, 3.63) is 54.0 Å². The topological polar surface area (TPSA) is 34.8 Å². The minimum absolute atomic E-state index is 0.833. The molecule has 0 aliphatic rings. The van der Waals surface area contributed by atoms with E-state index in [2.05, 4.69) is 52.5 Å². The van der Waals surface area contributed by atoms with Crippen molar-refractivity contribution in [3.8, 4) is 0 Å². The molecule has 1 N–H and O–H groups in total. The van der Waals surface area contributed by atoms with Gasteiger partial charge in [-0.05, 0) is 17.7 Å². The molecule has 3 aromatic rings. The van der Waals surface area contributed by atoms with Crippen LogP contribution in [0.15, 0.2) is 42.7 Å². The molecule has 98 valence electrons. The van der Waals surface area contributed by atoms with E-state index in [1.807, 2.05) is 24.0 Å². The highest BCUT2D eigenvalue weighted by atomic mass is 15.3. The van der Waals surface area contributed by atoms with Gasteiger partial charge in [-0.25, -0.2) is 0 Å². The molecule has 2 aromatic heterocycles. The minimum Gasteiger partial charge on any atom is -0.350 e. The summed E-state index contributed by atoms with van der Waals surface area (Å²) >= 11 is 0. The largest absolute Gasteiger partial charge is 0.350 e. The minimum atomic E-state index is 0.833. The summed E-state index contributed by atoms with van der Waals surface area (Å²) in [6.07, 6.45) is 4.02. The van der Waals surface area contributed by atoms with Gasteiger partial charge in [0.2, 0.25) is 0 Å². The van der Waals surface area contributed by atoms with Gasteiger partial charge < -0.3 is 9.88 Å². The number of fused-ring (bicyclic) bond motifs is 1. The van der Waals surface area contributed by atoms with Crippen LogP contribution in [-0.4, -0.2) is 14.3 Å². The SMILES string of the molecule is Cn1nccc1CNCc1cn(C)c2ccccc12. The average molecular weight is 254 g/mol. The number of nitrogens with zero attached hydrogens (tertiary/aromatic N) is 3. The van der Waals surface area contributed by atoms with Gasteiger partial charge in [0.25, 0.3) is 0 Å². The van der Waals surface area contributed by atoms with Gasteiger partial charge in [-0.2, -0.15) is 5.10 Å². The summed E-state index contributed by atoms with van der Waals surface area (Å²) < 4.78 is 4.08. The molecule has 0 bridgehead atoms. The Morgan fingerprint density at radius 1 is 1.11 bits per heavy atom. The summed E-state index contributed by atoms with van der Waals surface area (Å²) in [6.45, 7) is 1.70. The van der Waals surface area contributed by atoms with E-state index in [0.29, 0.717) is 0 Å². The van der Waals surface area contributed by atoms with E-state index >= 15 is 0 Å². The molecule has 2 heterocycles. The fourth-order valence-electron chi connectivity index (χ4n) is 2.47. The molecule has 0 atom stereocenters. The third-order valence-corrected chi connectivity index (χ3v) is 3.52. The van der Waals surface area contributed by atoms with E-state index in [9.17, 15) is 0 Å². The second kappa shape index (κ2) is 4.90. The maximum Gasteiger partial charge on any atom is 0.0518 e. The Labute approximate surface area is 112 Å². The maximum atomic E-state index is 4.17. The Morgan fingerprint density at radius 2 is 1.95 bits per heavy atom. The number of benzene rings is 1. The van der Waals surface area contributed by atoms with Gasteiger partial charge in [0.1, 0.15) is 0 Å². The number of hydrogen-bond donors (Lipinski definition) is 1. The van der Waals surface area contributed by atoms with Crippen LogP contribution in [0, 0.1) is 0 Å². The summed E-state index contributed by atoms with van der Waals surface area (Å²) in [5.74, 6) is 0. The van der Waals surface area contributed by atoms with Crippen LogP contribution in [0.1, 0.15) is 11.3 Å². The van der Waals surface area contributed by atoms with Crippen molar-refractivity contribution in [2.24, 2.45) is 14.1 Å². The number of aromatic nitrogens is 3. The molecule has 0 saturated carbocycles. The van der Waals surface area contributed by atoms with Gasteiger partial charge >= 0.3 is 0 Å². The second-order valence-electron chi connectivity index (χ2n) is 4.83. The number of para-hydroxylation sites is 1. The summed E-state index contributed by atoms with van der Waals surface area (Å²) in [5.41, 5.74) is 3.81. The number of rotatable bonds is 4. The van der Waals surface area contributed by atoms with Crippen molar-refractivity contribution in [1.82, 2.24) is 19.7 Å². The van der Waals surface area contributed by atoms with Gasteiger partial charge in [0, 0.05) is 50.5 Å². The summed E-state index contributed by atoms with van der Waals surface area (Å²) in [6, 6.07) is 10.5. The number of nitrogens with one attached hydrogen (secondary N) is 1. The molecular formula is C15H18N4. The molecule has 1 aromatic carbocycles. The first kappa shape index (κ1) is 12.0. The first-order valence-electron chi connectivity index (χ1n) is 6.46. The highest BCUT2D eigenvalue weighted by Gasteiger charge is 2.05. The molecule has 0 aliphatic heterocycles. The predicted molar refractivity (Wildman–Crippen MR) is 76.7 cm³/mol. The van der Waals surface area contributed by atoms with Gasteiger partial charge in [-0.1, -0.05) is 18.2 Å². The molecule has 0 saturated heterocycles. The average Bonchev–Trinajstić information content (AvgIpc) is 2.96. The standard InChI is InChI=1S/C15H18N4/c1-18-11-12(14-5-3-4-6-15(14)18)9-16-10-13-7-8-17-19(13)2/h3-8,11,16H,9-10H2,1-2H3. The highest BCUT2D eigenvalue weighted by molar-refractivity contribution is 5.83. The van der Waals surface area contributed by atoms with Crippen LogP contribution in [0.25, 0.3) is 10.9 Å². The Morgan fingerprint density at radius 3 is 2.74 bits per heavy atom. The lowest BCUT2D eigenvalue weighted by Crippen LogP contribution is -2.15. The maximum absolute atomic E-state index is 4.17. The lowest BCUT2D eigenvalue weighted by Gasteiger charge is -2.04. The van der Waals surface area contributed by atoms with E-state index in [0.717, 1.165) is 13.1 Å². The molecule has 0 radical (unpaired) electrons. The van der Waals surface area contributed by atoms with E-state index < -0.39 is 0 Å². The molecule has 4 heteroatoms. The summed E-state index contributed by atoms with van der Waals surface area (Å²) in [4.78, 5) is 0. The molecule has 0 unspecified atom stereocenters. The molecule has 0 fully saturated rings. The summed E-state index contributed by atoms with van der Waals surface area (Å²) in [7, 11) is 4.06. The third kappa shape index (κ3) is 2.27. The van der Waals surface area contributed by atoms with Crippen LogP contribution in [0.3, 0.4) is 0 Å². The van der Waals surface area contributed by atoms with Crippen molar-refractivity contribution >= 4 is 10.9 Å². The van der Waals surface area contributed by atoms with Crippen LogP contribution in [0.4, 0.5) is 0 Å². The quantitative estimate of drug-likeness (QED) is 0.774. The van der Waals surface area contributed by atoms with Crippen LogP contribution < -0.4 is 5.32 Å². The van der Waals surface area contributed by atoms with Gasteiger partial charge in [-0.15, -0.1) is 0 Å². The molecule has 0 amide bonds. The number of hydrogen-bond acceptors (Lipinski definition) is 2. The van der Waals surface area contributed by atoms with Gasteiger partial charge in [0.05, 0.1) is 5.69 Å². The smallest absolute Gasteiger partial charge is 0.0518 e. The van der Waals surface area contributed by atoms with Crippen molar-refractivity contribution in [3.63, 3.8) is 0 Å². The third-order valence-electron chi connectivity index (χ3n) is 3.52. The Hall–Kier alpha value is -2.07. The number of aryl methyl sites for hydroxylation is 2. The fraction of sp³-hybridized carbons (Fsp3) is 0.267. The van der Waals surface area contributed by atoms with E-state index in [1.54, 1.807) is 0 Å². The van der Waals surface area contributed by atoms with Crippen LogP contribution in [-0.2, 0) is 27.2 Å². The van der Waals surface area contributed by atoms with Crippen LogP contribution in [0.2, 0.25) is 0 Å². The zero-order valence-electron chi connectivity index (χ0n) is 11.3. The molecule has 4 nitrogen and oxygen atoms in total. The first-order valence-corrected chi connectivity index (χ1v) is 6.46. The van der Waals surface area contributed by atoms with Crippen LogP contribution in [0.5, 0.6) is 0 Å². The van der Waals surface area contributed by atoms with Gasteiger partial charge in [-0.3, -0.25) is 4.68 Å². The van der Waals surface area contributed by atoms with E-state index in [1.165, 1.54) is 22.2 Å².